The molecule has 0 aliphatic heterocycles. The summed E-state index contributed by atoms with van der Waals surface area (Å²) >= 11 is 0. The van der Waals surface area contributed by atoms with Gasteiger partial charge in [0.15, 0.2) is 17.3 Å². The number of hydrogen-bond donors (Lipinski definition) is 1. The Morgan fingerprint density at radius 1 is 1.04 bits per heavy atom. The summed E-state index contributed by atoms with van der Waals surface area (Å²) in [6, 6.07) is 6.35. The van der Waals surface area contributed by atoms with Crippen LogP contribution < -0.4 is 5.32 Å². The van der Waals surface area contributed by atoms with Gasteiger partial charge < -0.3 is 9.88 Å². The van der Waals surface area contributed by atoms with E-state index in [1.165, 1.54) is 4.57 Å². The fourth-order valence-electron chi connectivity index (χ4n) is 2.68. The first kappa shape index (κ1) is 19.8. The van der Waals surface area contributed by atoms with E-state index in [1.54, 1.807) is 38.1 Å². The lowest BCUT2D eigenvalue weighted by Gasteiger charge is -2.12. The van der Waals surface area contributed by atoms with Gasteiger partial charge in [0, 0.05) is 24.3 Å². The normalized spacial score (nSPS) is 11.9. The van der Waals surface area contributed by atoms with Crippen LogP contribution >= 0.6 is 0 Å². The Morgan fingerprint density at radius 3 is 2.18 bits per heavy atom. The number of halogens is 5. The Kier molecular flexibility index (Phi) is 5.35. The van der Waals surface area contributed by atoms with Crippen LogP contribution in [0, 0.1) is 11.6 Å². The zero-order valence-electron chi connectivity index (χ0n) is 15.1. The van der Waals surface area contributed by atoms with E-state index in [0.717, 1.165) is 18.6 Å². The molecule has 0 aliphatic carbocycles. The molecule has 0 spiro atoms. The van der Waals surface area contributed by atoms with Crippen molar-refractivity contribution in [1.82, 2.24) is 14.5 Å². The summed E-state index contributed by atoms with van der Waals surface area (Å²) in [5, 5.41) is 2.65. The van der Waals surface area contributed by atoms with Crippen LogP contribution in [0.4, 0.5) is 27.6 Å². The van der Waals surface area contributed by atoms with Gasteiger partial charge >= 0.3 is 6.18 Å². The average molecular weight is 396 g/mol. The highest BCUT2D eigenvalue weighted by molar-refractivity contribution is 5.57. The Bertz CT molecular complexity index is 941. The third-order valence-electron chi connectivity index (χ3n) is 4.11. The third-order valence-corrected chi connectivity index (χ3v) is 4.11. The molecule has 0 aliphatic rings. The lowest BCUT2D eigenvalue weighted by Crippen LogP contribution is -2.05. The molecular formula is C19H17F5N4. The van der Waals surface area contributed by atoms with Gasteiger partial charge in [0.25, 0.3) is 0 Å². The Hall–Kier alpha value is -2.97. The molecule has 0 atom stereocenters. The van der Waals surface area contributed by atoms with Crippen molar-refractivity contribution < 1.29 is 22.0 Å². The summed E-state index contributed by atoms with van der Waals surface area (Å²) in [5.41, 5.74) is -0.0397. The van der Waals surface area contributed by atoms with E-state index < -0.39 is 23.5 Å². The molecule has 0 radical (unpaired) electrons. The van der Waals surface area contributed by atoms with E-state index >= 15 is 0 Å². The van der Waals surface area contributed by atoms with Crippen LogP contribution in [0.2, 0.25) is 0 Å². The van der Waals surface area contributed by atoms with Crippen molar-refractivity contribution >= 4 is 5.69 Å². The largest absolute Gasteiger partial charge is 0.434 e. The Labute approximate surface area is 158 Å². The highest BCUT2D eigenvalue weighted by Gasteiger charge is 2.35. The van der Waals surface area contributed by atoms with Crippen LogP contribution in [0.15, 0.2) is 42.9 Å². The zero-order chi connectivity index (χ0) is 20.5. The molecule has 0 bridgehead atoms. The quantitative estimate of drug-likeness (QED) is 0.585. The van der Waals surface area contributed by atoms with Gasteiger partial charge in [-0.05, 0) is 19.4 Å². The van der Waals surface area contributed by atoms with Crippen molar-refractivity contribution in [2.24, 2.45) is 0 Å². The minimum absolute atomic E-state index is 0.130. The first-order chi connectivity index (χ1) is 13.2. The van der Waals surface area contributed by atoms with E-state index in [1.807, 2.05) is 0 Å². The van der Waals surface area contributed by atoms with Crippen molar-refractivity contribution in [3.63, 3.8) is 0 Å². The summed E-state index contributed by atoms with van der Waals surface area (Å²) < 4.78 is 67.6. The second-order valence-corrected chi connectivity index (χ2v) is 6.48. The molecule has 0 amide bonds. The van der Waals surface area contributed by atoms with Gasteiger partial charge in [0.05, 0.1) is 12.4 Å². The van der Waals surface area contributed by atoms with Crippen molar-refractivity contribution in [2.75, 3.05) is 5.32 Å². The minimum Gasteiger partial charge on any atom is -0.376 e. The second-order valence-electron chi connectivity index (χ2n) is 6.48. The minimum atomic E-state index is -4.53. The predicted octanol–water partition coefficient (Wildman–Crippen LogP) is 5.44. The highest BCUT2D eigenvalue weighted by atomic mass is 19.4. The van der Waals surface area contributed by atoms with Crippen molar-refractivity contribution in [3.8, 4) is 11.4 Å². The highest BCUT2D eigenvalue weighted by Crippen LogP contribution is 2.32. The molecule has 9 heteroatoms. The number of imidazole rings is 1. The van der Waals surface area contributed by atoms with Crippen molar-refractivity contribution in [1.29, 1.82) is 0 Å². The maximum absolute atomic E-state index is 13.6. The number of rotatable bonds is 5. The standard InChI is InChI=1S/C19H17F5N4/c1-11(2)28-10-16(19(22,23)24)27-18(28)13-5-3-12(4-6-13)7-26-17-14(20)8-25-9-15(17)21/h3-6,8-11H,7H2,1-2H3,(H,25,26). The summed E-state index contributed by atoms with van der Waals surface area (Å²) in [7, 11) is 0. The molecular weight excluding hydrogens is 379 g/mol. The van der Waals surface area contributed by atoms with Gasteiger partial charge in [-0.3, -0.25) is 4.98 Å². The fourth-order valence-corrected chi connectivity index (χ4v) is 2.68. The van der Waals surface area contributed by atoms with E-state index in [9.17, 15) is 22.0 Å². The van der Waals surface area contributed by atoms with Crippen LogP contribution in [-0.2, 0) is 12.7 Å². The molecule has 0 unspecified atom stereocenters. The molecule has 2 heterocycles. The molecule has 0 saturated heterocycles. The van der Waals surface area contributed by atoms with Crippen LogP contribution in [0.3, 0.4) is 0 Å². The SMILES string of the molecule is CC(C)n1cc(C(F)(F)F)nc1-c1ccc(CNc2c(F)cncc2F)cc1. The number of benzene rings is 1. The molecule has 2 aromatic heterocycles. The van der Waals surface area contributed by atoms with Gasteiger partial charge in [-0.1, -0.05) is 24.3 Å². The number of aromatic nitrogens is 3. The molecule has 0 fully saturated rings. The lowest BCUT2D eigenvalue weighted by molar-refractivity contribution is -0.140. The number of nitrogens with one attached hydrogen (secondary N) is 1. The maximum atomic E-state index is 13.6. The Balaban J connectivity index is 1.82. The number of nitrogens with zero attached hydrogens (tertiary/aromatic N) is 3. The third kappa shape index (κ3) is 4.13. The van der Waals surface area contributed by atoms with Gasteiger partial charge in [0.2, 0.25) is 0 Å². The molecule has 0 saturated carbocycles. The van der Waals surface area contributed by atoms with E-state index in [4.69, 9.17) is 0 Å². The molecule has 28 heavy (non-hydrogen) atoms. The van der Waals surface area contributed by atoms with Crippen LogP contribution in [0.1, 0.15) is 31.1 Å². The summed E-state index contributed by atoms with van der Waals surface area (Å²) in [6.45, 7) is 3.66. The van der Waals surface area contributed by atoms with Gasteiger partial charge in [-0.25, -0.2) is 13.8 Å². The first-order valence-corrected chi connectivity index (χ1v) is 8.45. The predicted molar refractivity (Wildman–Crippen MR) is 94.5 cm³/mol. The van der Waals surface area contributed by atoms with Gasteiger partial charge in [0.1, 0.15) is 11.5 Å². The number of hydrogen-bond acceptors (Lipinski definition) is 3. The molecule has 1 aromatic carbocycles. The smallest absolute Gasteiger partial charge is 0.376 e. The van der Waals surface area contributed by atoms with Gasteiger partial charge in [-0.2, -0.15) is 13.2 Å². The molecule has 3 aromatic rings. The van der Waals surface area contributed by atoms with Crippen molar-refractivity contribution in [3.05, 3.63) is 65.7 Å². The summed E-state index contributed by atoms with van der Waals surface area (Å²) in [6.07, 6.45) is -1.74. The zero-order valence-corrected chi connectivity index (χ0v) is 15.1. The molecule has 4 nitrogen and oxygen atoms in total. The molecule has 1 N–H and O–H groups in total. The number of anilines is 1. The number of pyridine rings is 1. The van der Waals surface area contributed by atoms with E-state index in [2.05, 4.69) is 15.3 Å². The number of alkyl halides is 3. The van der Waals surface area contributed by atoms with Crippen LogP contribution in [0.25, 0.3) is 11.4 Å². The Morgan fingerprint density at radius 2 is 1.64 bits per heavy atom. The van der Waals surface area contributed by atoms with E-state index in [0.29, 0.717) is 11.1 Å². The fraction of sp³-hybridized carbons (Fsp3) is 0.263. The second kappa shape index (κ2) is 7.57. The monoisotopic (exact) mass is 396 g/mol. The van der Waals surface area contributed by atoms with Crippen LogP contribution in [-0.4, -0.2) is 14.5 Å². The first-order valence-electron chi connectivity index (χ1n) is 8.45. The van der Waals surface area contributed by atoms with E-state index in [-0.39, 0.29) is 24.1 Å². The molecule has 3 rings (SSSR count). The molecule has 148 valence electrons. The van der Waals surface area contributed by atoms with Crippen LogP contribution in [0.5, 0.6) is 0 Å². The van der Waals surface area contributed by atoms with Crippen molar-refractivity contribution in [2.45, 2.75) is 32.6 Å². The topological polar surface area (TPSA) is 42.7 Å². The summed E-state index contributed by atoms with van der Waals surface area (Å²) in [5.74, 6) is -1.42. The summed E-state index contributed by atoms with van der Waals surface area (Å²) in [4.78, 5) is 7.14. The maximum Gasteiger partial charge on any atom is 0.434 e. The average Bonchev–Trinajstić information content (AvgIpc) is 3.08. The lowest BCUT2D eigenvalue weighted by atomic mass is 10.1. The van der Waals surface area contributed by atoms with Gasteiger partial charge in [-0.15, -0.1) is 0 Å².